The van der Waals surface area contributed by atoms with E-state index in [2.05, 4.69) is 127 Å². The number of anilines is 3. The number of benzene rings is 8. The fourth-order valence-electron chi connectivity index (χ4n) is 7.37. The first kappa shape index (κ1) is 28.4. The van der Waals surface area contributed by atoms with Crippen molar-refractivity contribution in [3.63, 3.8) is 0 Å². The number of hydrogen-bond acceptors (Lipinski definition) is 4. The van der Waals surface area contributed by atoms with E-state index in [9.17, 15) is 0 Å². The molecule has 0 radical (unpaired) electrons. The van der Waals surface area contributed by atoms with Crippen LogP contribution in [0, 0.1) is 6.92 Å². The molecule has 0 bridgehead atoms. The van der Waals surface area contributed by atoms with E-state index in [1.165, 1.54) is 5.56 Å². The van der Waals surface area contributed by atoms with Crippen LogP contribution < -0.4 is 4.90 Å². The molecular weight excluding hydrogens is 613 g/mol. The quantitative estimate of drug-likeness (QED) is 0.175. The van der Waals surface area contributed by atoms with Crippen molar-refractivity contribution in [3.8, 4) is 22.6 Å². The van der Waals surface area contributed by atoms with Crippen molar-refractivity contribution in [2.45, 2.75) is 6.92 Å². The van der Waals surface area contributed by atoms with Crippen LogP contribution in [0.15, 0.2) is 173 Å². The van der Waals surface area contributed by atoms with Crippen molar-refractivity contribution >= 4 is 71.6 Å². The second kappa shape index (κ2) is 11.2. The third-order valence-corrected chi connectivity index (χ3v) is 9.72. The lowest BCUT2D eigenvalue weighted by Crippen LogP contribution is -2.10. The molecule has 2 heterocycles. The Labute approximate surface area is 288 Å². The van der Waals surface area contributed by atoms with Gasteiger partial charge in [0.1, 0.15) is 16.7 Å². The van der Waals surface area contributed by atoms with Crippen molar-refractivity contribution < 1.29 is 8.83 Å². The number of aryl methyl sites for hydroxylation is 1. The minimum Gasteiger partial charge on any atom is -0.456 e. The second-order valence-electron chi connectivity index (χ2n) is 12.9. The smallest absolute Gasteiger partial charge is 0.227 e. The third kappa shape index (κ3) is 4.57. The summed E-state index contributed by atoms with van der Waals surface area (Å²) < 4.78 is 12.7. The number of aromatic nitrogens is 1. The van der Waals surface area contributed by atoms with Crippen molar-refractivity contribution in [2.24, 2.45) is 0 Å². The van der Waals surface area contributed by atoms with Crippen LogP contribution in [-0.4, -0.2) is 4.98 Å². The molecule has 0 aliphatic rings. The predicted octanol–water partition coefficient (Wildman–Crippen LogP) is 13.1. The molecule has 0 aliphatic carbocycles. The zero-order chi connectivity index (χ0) is 33.2. The van der Waals surface area contributed by atoms with Crippen LogP contribution in [-0.2, 0) is 0 Å². The maximum Gasteiger partial charge on any atom is 0.227 e. The van der Waals surface area contributed by atoms with Crippen molar-refractivity contribution in [1.29, 1.82) is 0 Å². The summed E-state index contributed by atoms with van der Waals surface area (Å²) in [5.74, 6) is 0.627. The Morgan fingerprint density at radius 1 is 0.480 bits per heavy atom. The first-order chi connectivity index (χ1) is 24.7. The standard InChI is InChI=1S/C46H30N2O2/c1-29-9-7-12-35(27-29)48(34-23-19-30(20-24-34)37-14-8-16-42-44(37)38-13-5-6-15-41(38)49-42)36-25-21-31-17-18-32-22-26-40-45(43(32)39(31)28-36)50-46(47-40)33-10-3-2-4-11-33/h2-28H,1H3. The Hall–Kier alpha value is -6.65. The molecule has 8 aromatic carbocycles. The third-order valence-electron chi connectivity index (χ3n) is 9.72. The van der Waals surface area contributed by atoms with Crippen molar-refractivity contribution in [2.75, 3.05) is 4.90 Å². The molecule has 50 heavy (non-hydrogen) atoms. The summed E-state index contributed by atoms with van der Waals surface area (Å²) in [6.07, 6.45) is 0. The predicted molar refractivity (Wildman–Crippen MR) is 207 cm³/mol. The summed E-state index contributed by atoms with van der Waals surface area (Å²) in [5.41, 5.74) is 11.1. The van der Waals surface area contributed by atoms with Gasteiger partial charge in [0, 0.05) is 38.8 Å². The zero-order valence-corrected chi connectivity index (χ0v) is 27.3. The highest BCUT2D eigenvalue weighted by atomic mass is 16.3. The molecule has 2 aromatic heterocycles. The molecule has 0 saturated heterocycles. The van der Waals surface area contributed by atoms with E-state index in [1.54, 1.807) is 0 Å². The van der Waals surface area contributed by atoms with Gasteiger partial charge in [-0.3, -0.25) is 0 Å². The van der Waals surface area contributed by atoms with Crippen LogP contribution in [0.3, 0.4) is 0 Å². The Kier molecular flexibility index (Phi) is 6.36. The average Bonchev–Trinajstić information content (AvgIpc) is 3.78. The monoisotopic (exact) mass is 642 g/mol. The van der Waals surface area contributed by atoms with Crippen LogP contribution >= 0.6 is 0 Å². The second-order valence-corrected chi connectivity index (χ2v) is 12.9. The number of para-hydroxylation sites is 1. The van der Waals surface area contributed by atoms with Gasteiger partial charge in [-0.1, -0.05) is 97.1 Å². The lowest BCUT2D eigenvalue weighted by Gasteiger charge is -2.26. The molecule has 10 rings (SSSR count). The van der Waals surface area contributed by atoms with E-state index in [0.717, 1.165) is 88.3 Å². The molecule has 4 nitrogen and oxygen atoms in total. The van der Waals surface area contributed by atoms with Gasteiger partial charge in [-0.15, -0.1) is 0 Å². The van der Waals surface area contributed by atoms with Gasteiger partial charge in [-0.05, 0) is 107 Å². The molecule has 0 saturated carbocycles. The van der Waals surface area contributed by atoms with Gasteiger partial charge in [0.15, 0.2) is 5.58 Å². The summed E-state index contributed by atoms with van der Waals surface area (Å²) in [5, 5.41) is 6.72. The van der Waals surface area contributed by atoms with E-state index in [0.29, 0.717) is 5.89 Å². The molecule has 0 atom stereocenters. The number of fused-ring (bicyclic) bond motifs is 8. The van der Waals surface area contributed by atoms with E-state index in [4.69, 9.17) is 13.8 Å². The van der Waals surface area contributed by atoms with E-state index in [-0.39, 0.29) is 0 Å². The Bertz CT molecular complexity index is 2880. The Morgan fingerprint density at radius 3 is 2.08 bits per heavy atom. The summed E-state index contributed by atoms with van der Waals surface area (Å²) in [6, 6.07) is 57.4. The van der Waals surface area contributed by atoms with E-state index in [1.807, 2.05) is 48.5 Å². The summed E-state index contributed by atoms with van der Waals surface area (Å²) in [7, 11) is 0. The summed E-state index contributed by atoms with van der Waals surface area (Å²) in [4.78, 5) is 7.22. The highest BCUT2D eigenvalue weighted by molar-refractivity contribution is 6.19. The van der Waals surface area contributed by atoms with Gasteiger partial charge in [0.05, 0.1) is 0 Å². The lowest BCUT2D eigenvalue weighted by molar-refractivity contribution is 0.623. The largest absolute Gasteiger partial charge is 0.456 e. The van der Waals surface area contributed by atoms with Crippen LogP contribution in [0.25, 0.3) is 77.2 Å². The molecule has 236 valence electrons. The maximum atomic E-state index is 6.54. The molecule has 0 amide bonds. The SMILES string of the molecule is Cc1cccc(N(c2ccc(-c3cccc4oc5ccccc5c34)cc2)c2ccc3ccc4ccc5nc(-c6ccccc6)oc5c4c3c2)c1. The number of furan rings is 1. The van der Waals surface area contributed by atoms with Gasteiger partial charge >= 0.3 is 0 Å². The molecule has 0 aliphatic heterocycles. The normalized spacial score (nSPS) is 11.7. The van der Waals surface area contributed by atoms with Gasteiger partial charge in [0.25, 0.3) is 0 Å². The lowest BCUT2D eigenvalue weighted by atomic mass is 9.98. The fraction of sp³-hybridized carbons (Fsp3) is 0.0217. The first-order valence-corrected chi connectivity index (χ1v) is 16.9. The summed E-state index contributed by atoms with van der Waals surface area (Å²) >= 11 is 0. The topological polar surface area (TPSA) is 42.4 Å². The molecule has 4 heteroatoms. The number of rotatable bonds is 5. The highest BCUT2D eigenvalue weighted by Crippen LogP contribution is 2.42. The minimum absolute atomic E-state index is 0.627. The van der Waals surface area contributed by atoms with Gasteiger partial charge in [-0.2, -0.15) is 0 Å². The highest BCUT2D eigenvalue weighted by Gasteiger charge is 2.18. The molecule has 0 unspecified atom stereocenters. The molecule has 0 N–H and O–H groups in total. The molecule has 10 aromatic rings. The fourth-order valence-corrected chi connectivity index (χ4v) is 7.37. The number of nitrogens with zero attached hydrogens (tertiary/aromatic N) is 2. The van der Waals surface area contributed by atoms with Gasteiger partial charge < -0.3 is 13.7 Å². The van der Waals surface area contributed by atoms with Crippen molar-refractivity contribution in [1.82, 2.24) is 4.98 Å². The van der Waals surface area contributed by atoms with Gasteiger partial charge in [0.2, 0.25) is 5.89 Å². The van der Waals surface area contributed by atoms with E-state index >= 15 is 0 Å². The maximum absolute atomic E-state index is 6.54. The van der Waals surface area contributed by atoms with Crippen LogP contribution in [0.4, 0.5) is 17.1 Å². The Balaban J connectivity index is 1.14. The Morgan fingerprint density at radius 2 is 1.20 bits per heavy atom. The van der Waals surface area contributed by atoms with Gasteiger partial charge in [-0.25, -0.2) is 4.98 Å². The van der Waals surface area contributed by atoms with E-state index < -0.39 is 0 Å². The average molecular weight is 643 g/mol. The van der Waals surface area contributed by atoms with Crippen LogP contribution in [0.1, 0.15) is 5.56 Å². The van der Waals surface area contributed by atoms with Crippen LogP contribution in [0.5, 0.6) is 0 Å². The van der Waals surface area contributed by atoms with Crippen LogP contribution in [0.2, 0.25) is 0 Å². The number of oxazole rings is 1. The molecular formula is C46H30N2O2. The first-order valence-electron chi connectivity index (χ1n) is 16.9. The van der Waals surface area contributed by atoms with Crippen molar-refractivity contribution in [3.05, 3.63) is 169 Å². The number of hydrogen-bond donors (Lipinski definition) is 0. The minimum atomic E-state index is 0.627. The summed E-state index contributed by atoms with van der Waals surface area (Å²) in [6.45, 7) is 2.14. The molecule has 0 fully saturated rings. The molecule has 0 spiro atoms. The zero-order valence-electron chi connectivity index (χ0n) is 27.3.